The van der Waals surface area contributed by atoms with Crippen LogP contribution in [0.3, 0.4) is 0 Å². The van der Waals surface area contributed by atoms with Crippen LogP contribution < -0.4 is 15.5 Å². The second-order valence-corrected chi connectivity index (χ2v) is 12.8. The van der Waals surface area contributed by atoms with Crippen molar-refractivity contribution in [2.75, 3.05) is 36.5 Å². The molecule has 0 aromatic carbocycles. The van der Waals surface area contributed by atoms with E-state index in [-0.39, 0.29) is 17.8 Å². The molecule has 4 heterocycles. The largest absolute Gasteiger partial charge is 0.471 e. The maximum atomic E-state index is 12.5. The number of piperidine rings is 1. The van der Waals surface area contributed by atoms with Crippen LogP contribution in [-0.4, -0.2) is 81.2 Å². The first-order valence-corrected chi connectivity index (χ1v) is 15.0. The smallest absolute Gasteiger partial charge is 0.396 e. The SMILES string of the molecule is CC1(CO)CCN(c2cc(Nc3ccnc(-c4cnn(S(=O)(=O)C5CC5)c4)n3)ncc2C#CCNC(=O)C(F)(F)F)CC1. The van der Waals surface area contributed by atoms with E-state index in [1.54, 1.807) is 17.4 Å². The third-order valence-electron chi connectivity index (χ3n) is 7.33. The molecule has 1 saturated heterocycles. The van der Waals surface area contributed by atoms with Crippen LogP contribution >= 0.6 is 0 Å². The third-order valence-corrected chi connectivity index (χ3v) is 9.36. The summed E-state index contributed by atoms with van der Waals surface area (Å²) in [4.78, 5) is 26.2. The summed E-state index contributed by atoms with van der Waals surface area (Å²) >= 11 is 0. The Labute approximate surface area is 245 Å². The highest BCUT2D eigenvalue weighted by molar-refractivity contribution is 7.90. The van der Waals surface area contributed by atoms with Gasteiger partial charge in [-0.2, -0.15) is 22.4 Å². The standard InChI is InChI=1S/C27H29F3N8O4S/c1-26(17-39)7-11-37(12-8-26)21-13-23(33-14-18(21)3-2-9-32-25(40)27(28,29)30)35-22-6-10-31-24(36-22)19-15-34-38(16-19)43(41,42)20-4-5-20/h6,10,13-16,20,39H,4-5,7-9,11-12,17H2,1H3,(H,32,40)(H,31,33,35,36). The average molecular weight is 619 g/mol. The summed E-state index contributed by atoms with van der Waals surface area (Å²) in [6.07, 6.45) is 3.40. The number of halogens is 3. The van der Waals surface area contributed by atoms with E-state index in [1.807, 2.05) is 6.92 Å². The van der Waals surface area contributed by atoms with E-state index in [0.29, 0.717) is 67.2 Å². The number of aliphatic hydroxyl groups is 1. The molecule has 3 aromatic heterocycles. The number of nitrogens with one attached hydrogen (secondary N) is 2. The summed E-state index contributed by atoms with van der Waals surface area (Å²) in [6, 6.07) is 3.35. The van der Waals surface area contributed by atoms with E-state index in [1.165, 1.54) is 24.8 Å². The first-order valence-electron chi connectivity index (χ1n) is 13.5. The number of carbonyl (C=O) groups excluding carboxylic acids is 1. The van der Waals surface area contributed by atoms with Crippen molar-refractivity contribution >= 4 is 33.3 Å². The lowest BCUT2D eigenvalue weighted by Gasteiger charge is -2.39. The lowest BCUT2D eigenvalue weighted by atomic mass is 9.81. The van der Waals surface area contributed by atoms with E-state index < -0.39 is 33.9 Å². The molecule has 228 valence electrons. The van der Waals surface area contributed by atoms with Crippen LogP contribution in [0.1, 0.15) is 38.2 Å². The highest BCUT2D eigenvalue weighted by Gasteiger charge is 2.38. The number of amides is 1. The molecule has 3 aromatic rings. The first-order chi connectivity index (χ1) is 20.4. The van der Waals surface area contributed by atoms with Crippen molar-refractivity contribution in [1.29, 1.82) is 0 Å². The molecule has 0 radical (unpaired) electrons. The van der Waals surface area contributed by atoms with E-state index >= 15 is 0 Å². The van der Waals surface area contributed by atoms with Crippen LogP contribution in [0.25, 0.3) is 11.4 Å². The molecule has 5 rings (SSSR count). The molecule has 2 aliphatic rings. The molecule has 0 bridgehead atoms. The number of aliphatic hydroxyl groups excluding tert-OH is 1. The molecule has 3 N–H and O–H groups in total. The summed E-state index contributed by atoms with van der Waals surface area (Å²) < 4.78 is 63.4. The minimum absolute atomic E-state index is 0.0526. The predicted molar refractivity (Wildman–Crippen MR) is 151 cm³/mol. The Morgan fingerprint density at radius 2 is 1.93 bits per heavy atom. The molecule has 16 heteroatoms. The molecule has 1 amide bonds. The summed E-state index contributed by atoms with van der Waals surface area (Å²) in [6.45, 7) is 2.77. The average Bonchev–Trinajstić information content (AvgIpc) is 3.73. The van der Waals surface area contributed by atoms with Crippen molar-refractivity contribution in [3.05, 3.63) is 42.5 Å². The predicted octanol–water partition coefficient (Wildman–Crippen LogP) is 2.45. The van der Waals surface area contributed by atoms with Crippen LogP contribution in [0.15, 0.2) is 36.9 Å². The summed E-state index contributed by atoms with van der Waals surface area (Å²) in [5, 5.41) is 18.2. The molecule has 1 saturated carbocycles. The number of rotatable bonds is 8. The van der Waals surface area contributed by atoms with Crippen molar-refractivity contribution in [1.82, 2.24) is 29.5 Å². The van der Waals surface area contributed by atoms with Gasteiger partial charge in [-0.15, -0.1) is 0 Å². The minimum atomic E-state index is -5.00. The summed E-state index contributed by atoms with van der Waals surface area (Å²) in [5.41, 5.74) is 1.33. The Morgan fingerprint density at radius 3 is 2.60 bits per heavy atom. The van der Waals surface area contributed by atoms with Gasteiger partial charge >= 0.3 is 12.1 Å². The van der Waals surface area contributed by atoms with Crippen molar-refractivity contribution in [3.63, 3.8) is 0 Å². The number of carbonyl (C=O) groups is 1. The highest BCUT2D eigenvalue weighted by Crippen LogP contribution is 2.35. The van der Waals surface area contributed by atoms with Gasteiger partial charge in [0.25, 0.3) is 10.0 Å². The number of hydrogen-bond donors (Lipinski definition) is 3. The normalized spacial score (nSPS) is 16.7. The molecule has 1 aliphatic carbocycles. The van der Waals surface area contributed by atoms with Crippen LogP contribution in [0.4, 0.5) is 30.5 Å². The maximum absolute atomic E-state index is 12.5. The van der Waals surface area contributed by atoms with Gasteiger partial charge in [-0.1, -0.05) is 18.8 Å². The van der Waals surface area contributed by atoms with Crippen LogP contribution in [0.5, 0.6) is 0 Å². The summed E-state index contributed by atoms with van der Waals surface area (Å²) in [7, 11) is -3.54. The van der Waals surface area contributed by atoms with Gasteiger partial charge in [-0.3, -0.25) is 4.79 Å². The molecule has 1 aliphatic heterocycles. The van der Waals surface area contributed by atoms with Crippen molar-refractivity contribution in [2.45, 2.75) is 44.0 Å². The van der Waals surface area contributed by atoms with Gasteiger partial charge < -0.3 is 20.6 Å². The quantitative estimate of drug-likeness (QED) is 0.321. The second kappa shape index (κ2) is 11.8. The third kappa shape index (κ3) is 7.05. The monoisotopic (exact) mass is 618 g/mol. The molecule has 0 spiro atoms. The minimum Gasteiger partial charge on any atom is -0.396 e. The second-order valence-electron chi connectivity index (χ2n) is 10.8. The number of alkyl halides is 3. The van der Waals surface area contributed by atoms with E-state index in [4.69, 9.17) is 0 Å². The van der Waals surface area contributed by atoms with Crippen LogP contribution in [-0.2, 0) is 14.8 Å². The molecular weight excluding hydrogens is 589 g/mol. The van der Waals surface area contributed by atoms with E-state index in [9.17, 15) is 31.5 Å². The Kier molecular flexibility index (Phi) is 8.30. The van der Waals surface area contributed by atoms with Crippen LogP contribution in [0.2, 0.25) is 0 Å². The number of nitrogens with zero attached hydrogens (tertiary/aromatic N) is 6. The van der Waals surface area contributed by atoms with Gasteiger partial charge in [0.1, 0.15) is 11.6 Å². The first kappa shape index (κ1) is 30.2. The molecule has 2 fully saturated rings. The topological polar surface area (TPSA) is 155 Å². The van der Waals surface area contributed by atoms with Crippen molar-refractivity contribution in [2.24, 2.45) is 5.41 Å². The zero-order chi connectivity index (χ0) is 30.8. The number of pyridine rings is 1. The Morgan fingerprint density at radius 1 is 1.19 bits per heavy atom. The fraction of sp³-hybridized carbons (Fsp3) is 0.444. The zero-order valence-electron chi connectivity index (χ0n) is 23.1. The number of anilines is 3. The van der Waals surface area contributed by atoms with Gasteiger partial charge in [-0.25, -0.2) is 23.4 Å². The Hall–Kier alpha value is -4.23. The fourth-order valence-corrected chi connectivity index (χ4v) is 5.93. The number of hydrogen-bond acceptors (Lipinski definition) is 10. The Balaban J connectivity index is 1.37. The van der Waals surface area contributed by atoms with Gasteiger partial charge in [0.05, 0.1) is 41.0 Å². The fourth-order valence-electron chi connectivity index (χ4n) is 4.46. The maximum Gasteiger partial charge on any atom is 0.471 e. The zero-order valence-corrected chi connectivity index (χ0v) is 23.9. The molecular formula is C27H29F3N8O4S. The van der Waals surface area contributed by atoms with E-state index in [2.05, 4.69) is 42.1 Å². The molecule has 12 nitrogen and oxygen atoms in total. The molecule has 0 unspecified atom stereocenters. The summed E-state index contributed by atoms with van der Waals surface area (Å²) in [5.74, 6) is 4.32. The van der Waals surface area contributed by atoms with Gasteiger partial charge in [-0.05, 0) is 37.2 Å². The van der Waals surface area contributed by atoms with Gasteiger partial charge in [0.2, 0.25) is 0 Å². The lowest BCUT2D eigenvalue weighted by molar-refractivity contribution is -0.173. The Bertz CT molecular complexity index is 1670. The van der Waals surface area contributed by atoms with Crippen LogP contribution in [0, 0.1) is 17.3 Å². The van der Waals surface area contributed by atoms with Crippen molar-refractivity contribution in [3.8, 4) is 23.2 Å². The molecule has 43 heavy (non-hydrogen) atoms. The lowest BCUT2D eigenvalue weighted by Crippen LogP contribution is -2.40. The van der Waals surface area contributed by atoms with E-state index in [0.717, 1.165) is 4.09 Å². The van der Waals surface area contributed by atoms with Gasteiger partial charge in [0, 0.05) is 38.2 Å². The molecule has 0 atom stereocenters. The highest BCUT2D eigenvalue weighted by atomic mass is 32.2. The van der Waals surface area contributed by atoms with Crippen molar-refractivity contribution < 1.29 is 31.5 Å². The van der Waals surface area contributed by atoms with Gasteiger partial charge in [0.15, 0.2) is 5.82 Å². The number of aromatic nitrogens is 5.